The molecular formula is C23H29NO3. The number of carbonyl (C=O) groups excluding carboxylic acids is 1. The first kappa shape index (κ1) is 19.4. The van der Waals surface area contributed by atoms with Crippen molar-refractivity contribution >= 4 is 5.91 Å². The van der Waals surface area contributed by atoms with Gasteiger partial charge in [0.05, 0.1) is 12.6 Å². The summed E-state index contributed by atoms with van der Waals surface area (Å²) in [6.45, 7) is 5.68. The van der Waals surface area contributed by atoms with Crippen LogP contribution in [0.2, 0.25) is 0 Å². The molecule has 0 radical (unpaired) electrons. The van der Waals surface area contributed by atoms with Crippen LogP contribution in [0, 0.1) is 0 Å². The van der Waals surface area contributed by atoms with E-state index in [-0.39, 0.29) is 11.9 Å². The van der Waals surface area contributed by atoms with E-state index in [2.05, 4.69) is 23.5 Å². The van der Waals surface area contributed by atoms with Crippen molar-refractivity contribution in [2.24, 2.45) is 0 Å². The van der Waals surface area contributed by atoms with Crippen LogP contribution >= 0.6 is 0 Å². The molecule has 0 aliphatic heterocycles. The summed E-state index contributed by atoms with van der Waals surface area (Å²) in [6, 6.07) is 13.9. The number of hydrogen-bond donors (Lipinski definition) is 1. The van der Waals surface area contributed by atoms with E-state index >= 15 is 0 Å². The predicted molar refractivity (Wildman–Crippen MR) is 107 cm³/mol. The zero-order valence-electron chi connectivity index (χ0n) is 16.3. The second kappa shape index (κ2) is 9.56. The highest BCUT2D eigenvalue weighted by molar-refractivity contribution is 5.94. The molecule has 3 rings (SSSR count). The summed E-state index contributed by atoms with van der Waals surface area (Å²) >= 11 is 0. The molecule has 1 N–H and O–H groups in total. The molecule has 4 heteroatoms. The number of carbonyl (C=O) groups is 1. The average Bonchev–Trinajstić information content (AvgIpc) is 2.71. The first-order valence-corrected chi connectivity index (χ1v) is 9.90. The minimum absolute atomic E-state index is 0.0349. The summed E-state index contributed by atoms with van der Waals surface area (Å²) in [6.07, 6.45) is 4.85. The molecule has 144 valence electrons. The Bertz CT molecular complexity index is 772. The van der Waals surface area contributed by atoms with E-state index < -0.39 is 0 Å². The van der Waals surface area contributed by atoms with Crippen molar-refractivity contribution < 1.29 is 14.3 Å². The van der Waals surface area contributed by atoms with Crippen molar-refractivity contribution in [1.82, 2.24) is 5.32 Å². The molecule has 0 saturated heterocycles. The summed E-state index contributed by atoms with van der Waals surface area (Å²) in [4.78, 5) is 12.7. The fourth-order valence-electron chi connectivity index (χ4n) is 3.48. The molecule has 1 aliphatic carbocycles. The molecule has 1 amide bonds. The lowest BCUT2D eigenvalue weighted by Gasteiger charge is -2.20. The topological polar surface area (TPSA) is 47.6 Å². The third-order valence-corrected chi connectivity index (χ3v) is 5.02. The maximum absolute atomic E-state index is 12.7. The molecule has 2 aromatic carbocycles. The molecular weight excluding hydrogens is 338 g/mol. The highest BCUT2D eigenvalue weighted by Gasteiger charge is 2.15. The van der Waals surface area contributed by atoms with E-state index in [9.17, 15) is 4.79 Å². The maximum atomic E-state index is 12.7. The van der Waals surface area contributed by atoms with Gasteiger partial charge in [0.25, 0.3) is 5.91 Å². The Labute approximate surface area is 161 Å². The zero-order chi connectivity index (χ0) is 19.1. The van der Waals surface area contributed by atoms with Gasteiger partial charge < -0.3 is 14.8 Å². The van der Waals surface area contributed by atoms with Gasteiger partial charge in [0, 0.05) is 12.2 Å². The van der Waals surface area contributed by atoms with Crippen LogP contribution in [0.4, 0.5) is 0 Å². The van der Waals surface area contributed by atoms with Crippen molar-refractivity contribution in [3.05, 3.63) is 64.7 Å². The summed E-state index contributed by atoms with van der Waals surface area (Å²) in [5.41, 5.74) is 4.66. The second-order valence-corrected chi connectivity index (χ2v) is 7.00. The van der Waals surface area contributed by atoms with Crippen molar-refractivity contribution in [3.63, 3.8) is 0 Å². The van der Waals surface area contributed by atoms with Crippen molar-refractivity contribution in [3.8, 4) is 5.75 Å². The van der Waals surface area contributed by atoms with Crippen LogP contribution in [-0.4, -0.2) is 25.7 Å². The van der Waals surface area contributed by atoms with E-state index in [1.807, 2.05) is 32.0 Å². The van der Waals surface area contributed by atoms with Crippen LogP contribution in [0.1, 0.15) is 59.8 Å². The van der Waals surface area contributed by atoms with Gasteiger partial charge in [0.1, 0.15) is 12.4 Å². The Kier molecular flexibility index (Phi) is 6.88. The number of fused-ring (bicyclic) bond motifs is 1. The van der Waals surface area contributed by atoms with Gasteiger partial charge in [-0.3, -0.25) is 4.79 Å². The predicted octanol–water partition coefficient (Wildman–Crippen LogP) is 4.47. The zero-order valence-corrected chi connectivity index (χ0v) is 16.3. The largest absolute Gasteiger partial charge is 0.491 e. The van der Waals surface area contributed by atoms with E-state index in [4.69, 9.17) is 9.47 Å². The second-order valence-electron chi connectivity index (χ2n) is 7.00. The highest BCUT2D eigenvalue weighted by Crippen LogP contribution is 2.25. The van der Waals surface area contributed by atoms with Crippen molar-refractivity contribution in [2.45, 2.75) is 45.6 Å². The number of rotatable bonds is 8. The maximum Gasteiger partial charge on any atom is 0.251 e. The first-order chi connectivity index (χ1) is 13.2. The Morgan fingerprint density at radius 1 is 1.07 bits per heavy atom. The van der Waals surface area contributed by atoms with Crippen LogP contribution in [0.5, 0.6) is 5.75 Å². The SMILES string of the molecule is CCOCCOc1cccc(C(=O)N[C@@H](C)c2ccc3c(c2)CCCC3)c1. The fraction of sp³-hybridized carbons (Fsp3) is 0.435. The van der Waals surface area contributed by atoms with E-state index in [0.717, 1.165) is 12.0 Å². The normalized spacial score (nSPS) is 14.3. The van der Waals surface area contributed by atoms with Crippen LogP contribution in [0.15, 0.2) is 42.5 Å². The summed E-state index contributed by atoms with van der Waals surface area (Å²) < 4.78 is 10.9. The fourth-order valence-corrected chi connectivity index (χ4v) is 3.48. The number of hydrogen-bond acceptors (Lipinski definition) is 3. The van der Waals surface area contributed by atoms with Crippen molar-refractivity contribution in [2.75, 3.05) is 19.8 Å². The molecule has 27 heavy (non-hydrogen) atoms. The van der Waals surface area contributed by atoms with Gasteiger partial charge >= 0.3 is 0 Å². The first-order valence-electron chi connectivity index (χ1n) is 9.90. The van der Waals surface area contributed by atoms with Gasteiger partial charge in [-0.1, -0.05) is 24.3 Å². The summed E-state index contributed by atoms with van der Waals surface area (Å²) in [7, 11) is 0. The van der Waals surface area contributed by atoms with Crippen LogP contribution in [0.25, 0.3) is 0 Å². The lowest BCUT2D eigenvalue weighted by atomic mass is 9.89. The summed E-state index contributed by atoms with van der Waals surface area (Å²) in [5.74, 6) is 0.597. The van der Waals surface area contributed by atoms with Crippen molar-refractivity contribution in [1.29, 1.82) is 0 Å². The van der Waals surface area contributed by atoms with Gasteiger partial charge in [0.2, 0.25) is 0 Å². The minimum Gasteiger partial charge on any atom is -0.491 e. The van der Waals surface area contributed by atoms with Crippen LogP contribution in [0.3, 0.4) is 0 Å². The Hall–Kier alpha value is -2.33. The van der Waals surface area contributed by atoms with Gasteiger partial charge in [-0.2, -0.15) is 0 Å². The Morgan fingerprint density at radius 2 is 1.89 bits per heavy atom. The third kappa shape index (κ3) is 5.33. The number of amides is 1. The molecule has 1 aliphatic rings. The number of ether oxygens (including phenoxy) is 2. The van der Waals surface area contributed by atoms with Gasteiger partial charge in [0.15, 0.2) is 0 Å². The molecule has 0 spiro atoms. The van der Waals surface area contributed by atoms with Gasteiger partial charge in [-0.05, 0) is 74.4 Å². The number of nitrogens with one attached hydrogen (secondary N) is 1. The van der Waals surface area contributed by atoms with E-state index in [0.29, 0.717) is 31.1 Å². The lowest BCUT2D eigenvalue weighted by molar-refractivity contribution is 0.0938. The molecule has 0 aromatic heterocycles. The molecule has 0 unspecified atom stereocenters. The highest BCUT2D eigenvalue weighted by atomic mass is 16.5. The molecule has 0 bridgehead atoms. The van der Waals surface area contributed by atoms with E-state index in [1.165, 1.54) is 30.4 Å². The molecule has 1 atom stereocenters. The molecule has 4 nitrogen and oxygen atoms in total. The smallest absolute Gasteiger partial charge is 0.251 e. The minimum atomic E-state index is -0.0875. The third-order valence-electron chi connectivity index (χ3n) is 5.02. The molecule has 0 saturated carbocycles. The molecule has 0 fully saturated rings. The van der Waals surface area contributed by atoms with Gasteiger partial charge in [-0.15, -0.1) is 0 Å². The van der Waals surface area contributed by atoms with E-state index in [1.54, 1.807) is 6.07 Å². The number of benzene rings is 2. The van der Waals surface area contributed by atoms with Crippen LogP contribution in [-0.2, 0) is 17.6 Å². The number of aryl methyl sites for hydroxylation is 2. The van der Waals surface area contributed by atoms with Gasteiger partial charge in [-0.25, -0.2) is 0 Å². The molecule has 0 heterocycles. The van der Waals surface area contributed by atoms with Crippen LogP contribution < -0.4 is 10.1 Å². The Balaban J connectivity index is 1.61. The average molecular weight is 367 g/mol. The quantitative estimate of drug-likeness (QED) is 0.700. The lowest BCUT2D eigenvalue weighted by Crippen LogP contribution is -2.26. The monoisotopic (exact) mass is 367 g/mol. The standard InChI is InChI=1S/C23H29NO3/c1-3-26-13-14-27-22-10-6-9-21(16-22)23(25)24-17(2)19-12-11-18-7-4-5-8-20(18)15-19/h6,9-12,15-17H,3-5,7-8,13-14H2,1-2H3,(H,24,25)/t17-/m0/s1. The molecule has 2 aromatic rings. The Morgan fingerprint density at radius 3 is 2.70 bits per heavy atom. The summed E-state index contributed by atoms with van der Waals surface area (Å²) in [5, 5.41) is 3.10.